The smallest absolute Gasteiger partial charge is 0.224 e. The van der Waals surface area contributed by atoms with E-state index >= 15 is 0 Å². The molecule has 2 heterocycles. The first kappa shape index (κ1) is 16.7. The molecule has 0 atom stereocenters. The van der Waals surface area contributed by atoms with Gasteiger partial charge < -0.3 is 9.84 Å². The van der Waals surface area contributed by atoms with Crippen LogP contribution < -0.4 is 5.32 Å². The Balaban J connectivity index is 1.54. The van der Waals surface area contributed by atoms with Crippen LogP contribution in [-0.2, 0) is 17.8 Å². The van der Waals surface area contributed by atoms with Crippen molar-refractivity contribution in [2.75, 3.05) is 18.4 Å². The predicted octanol–water partition coefficient (Wildman–Crippen LogP) is 3.46. The SMILES string of the molecule is Cc1noc(C)c1CCC(=O)Nc1cccc(CN2CCCC2)c1. The van der Waals surface area contributed by atoms with E-state index in [9.17, 15) is 4.79 Å². The third-order valence-electron chi connectivity index (χ3n) is 4.60. The number of aromatic nitrogens is 1. The number of aryl methyl sites for hydroxylation is 2. The first-order chi connectivity index (χ1) is 11.6. The number of hydrogen-bond donors (Lipinski definition) is 1. The maximum atomic E-state index is 12.2. The average Bonchev–Trinajstić information content (AvgIpc) is 3.16. The fourth-order valence-corrected chi connectivity index (χ4v) is 3.27. The zero-order chi connectivity index (χ0) is 16.9. The maximum absolute atomic E-state index is 12.2. The van der Waals surface area contributed by atoms with Crippen LogP contribution in [0.25, 0.3) is 0 Å². The van der Waals surface area contributed by atoms with E-state index in [1.807, 2.05) is 26.0 Å². The second-order valence-electron chi connectivity index (χ2n) is 6.53. The molecule has 0 bridgehead atoms. The minimum Gasteiger partial charge on any atom is -0.361 e. The van der Waals surface area contributed by atoms with E-state index in [-0.39, 0.29) is 5.91 Å². The molecule has 5 nitrogen and oxygen atoms in total. The summed E-state index contributed by atoms with van der Waals surface area (Å²) >= 11 is 0. The largest absolute Gasteiger partial charge is 0.361 e. The van der Waals surface area contributed by atoms with Crippen LogP contribution in [0, 0.1) is 13.8 Å². The van der Waals surface area contributed by atoms with Gasteiger partial charge in [0.1, 0.15) is 5.76 Å². The summed E-state index contributed by atoms with van der Waals surface area (Å²) in [5.74, 6) is 0.821. The van der Waals surface area contributed by atoms with Crippen LogP contribution in [0.2, 0.25) is 0 Å². The lowest BCUT2D eigenvalue weighted by Gasteiger charge is -2.15. The third-order valence-corrected chi connectivity index (χ3v) is 4.60. The number of benzene rings is 1. The third kappa shape index (κ3) is 4.23. The number of anilines is 1. The standard InChI is InChI=1S/C19H25N3O2/c1-14-18(15(2)24-21-14)8-9-19(23)20-17-7-5-6-16(12-17)13-22-10-3-4-11-22/h5-7,12H,3-4,8-11,13H2,1-2H3,(H,20,23). The number of amides is 1. The highest BCUT2D eigenvalue weighted by atomic mass is 16.5. The molecule has 0 saturated carbocycles. The zero-order valence-electron chi connectivity index (χ0n) is 14.5. The molecule has 1 saturated heterocycles. The Morgan fingerprint density at radius 2 is 2.08 bits per heavy atom. The molecule has 2 aromatic rings. The van der Waals surface area contributed by atoms with Gasteiger partial charge in [-0.15, -0.1) is 0 Å². The lowest BCUT2D eigenvalue weighted by molar-refractivity contribution is -0.116. The first-order valence-electron chi connectivity index (χ1n) is 8.65. The van der Waals surface area contributed by atoms with Crippen LogP contribution >= 0.6 is 0 Å². The lowest BCUT2D eigenvalue weighted by atomic mass is 10.1. The Hall–Kier alpha value is -2.14. The number of nitrogens with one attached hydrogen (secondary N) is 1. The van der Waals surface area contributed by atoms with Gasteiger partial charge in [0.05, 0.1) is 5.69 Å². The van der Waals surface area contributed by atoms with E-state index in [1.165, 1.54) is 31.5 Å². The highest BCUT2D eigenvalue weighted by molar-refractivity contribution is 5.90. The van der Waals surface area contributed by atoms with Crippen LogP contribution in [0.4, 0.5) is 5.69 Å². The predicted molar refractivity (Wildman–Crippen MR) is 93.9 cm³/mol. The normalized spacial score (nSPS) is 14.9. The topological polar surface area (TPSA) is 58.4 Å². The molecule has 3 rings (SSSR count). The van der Waals surface area contributed by atoms with Gasteiger partial charge in [-0.3, -0.25) is 9.69 Å². The van der Waals surface area contributed by atoms with Crippen molar-refractivity contribution in [2.45, 2.75) is 46.1 Å². The van der Waals surface area contributed by atoms with E-state index in [0.29, 0.717) is 12.8 Å². The van der Waals surface area contributed by atoms with Crippen molar-refractivity contribution in [1.82, 2.24) is 10.1 Å². The minimum atomic E-state index is 0.0216. The molecule has 128 valence electrons. The quantitative estimate of drug-likeness (QED) is 0.883. The van der Waals surface area contributed by atoms with Crippen LogP contribution in [0.3, 0.4) is 0 Å². The van der Waals surface area contributed by atoms with Crippen LogP contribution in [-0.4, -0.2) is 29.1 Å². The second-order valence-corrected chi connectivity index (χ2v) is 6.53. The zero-order valence-corrected chi connectivity index (χ0v) is 14.5. The summed E-state index contributed by atoms with van der Waals surface area (Å²) in [6.07, 6.45) is 3.66. The number of carbonyl (C=O) groups is 1. The van der Waals surface area contributed by atoms with Crippen molar-refractivity contribution in [1.29, 1.82) is 0 Å². The van der Waals surface area contributed by atoms with E-state index in [0.717, 1.165) is 29.2 Å². The Bertz CT molecular complexity index is 683. The van der Waals surface area contributed by atoms with Gasteiger partial charge >= 0.3 is 0 Å². The molecule has 0 radical (unpaired) electrons. The van der Waals surface area contributed by atoms with Gasteiger partial charge in [0.25, 0.3) is 0 Å². The molecule has 1 aliphatic rings. The van der Waals surface area contributed by atoms with E-state index in [1.54, 1.807) is 0 Å². The van der Waals surface area contributed by atoms with Crippen molar-refractivity contribution in [2.24, 2.45) is 0 Å². The van der Waals surface area contributed by atoms with E-state index in [2.05, 4.69) is 27.5 Å². The molecule has 1 aliphatic heterocycles. The van der Waals surface area contributed by atoms with Gasteiger partial charge in [0, 0.05) is 24.2 Å². The molecule has 24 heavy (non-hydrogen) atoms. The minimum absolute atomic E-state index is 0.0216. The first-order valence-corrected chi connectivity index (χ1v) is 8.65. The van der Waals surface area contributed by atoms with Crippen molar-refractivity contribution in [3.63, 3.8) is 0 Å². The van der Waals surface area contributed by atoms with Crippen molar-refractivity contribution in [3.05, 3.63) is 46.8 Å². The summed E-state index contributed by atoms with van der Waals surface area (Å²) in [4.78, 5) is 14.7. The molecule has 0 aliphatic carbocycles. The van der Waals surface area contributed by atoms with Crippen LogP contribution in [0.1, 0.15) is 41.8 Å². The summed E-state index contributed by atoms with van der Waals surface area (Å²) in [6.45, 7) is 7.10. The molecule has 1 N–H and O–H groups in total. The van der Waals surface area contributed by atoms with Crippen LogP contribution in [0.5, 0.6) is 0 Å². The molecule has 1 fully saturated rings. The lowest BCUT2D eigenvalue weighted by Crippen LogP contribution is -2.18. The van der Waals surface area contributed by atoms with Gasteiger partial charge in [-0.05, 0) is 63.9 Å². The maximum Gasteiger partial charge on any atom is 0.224 e. The molecule has 1 amide bonds. The van der Waals surface area contributed by atoms with Gasteiger partial charge in [-0.2, -0.15) is 0 Å². The summed E-state index contributed by atoms with van der Waals surface area (Å²) in [6, 6.07) is 8.15. The Morgan fingerprint density at radius 1 is 1.29 bits per heavy atom. The van der Waals surface area contributed by atoms with Gasteiger partial charge in [-0.1, -0.05) is 17.3 Å². The molecular weight excluding hydrogens is 302 g/mol. The monoisotopic (exact) mass is 327 g/mol. The summed E-state index contributed by atoms with van der Waals surface area (Å²) in [5.41, 5.74) is 4.02. The van der Waals surface area contributed by atoms with Gasteiger partial charge in [0.2, 0.25) is 5.91 Å². The molecule has 0 spiro atoms. The Labute approximate surface area is 143 Å². The molecule has 1 aromatic carbocycles. The average molecular weight is 327 g/mol. The number of hydrogen-bond acceptors (Lipinski definition) is 4. The van der Waals surface area contributed by atoms with Crippen molar-refractivity contribution >= 4 is 11.6 Å². The van der Waals surface area contributed by atoms with Crippen molar-refractivity contribution < 1.29 is 9.32 Å². The summed E-state index contributed by atoms with van der Waals surface area (Å²) in [5, 5.41) is 6.93. The Kier molecular flexibility index (Phi) is 5.30. The fourth-order valence-electron chi connectivity index (χ4n) is 3.27. The second kappa shape index (κ2) is 7.62. The summed E-state index contributed by atoms with van der Waals surface area (Å²) in [7, 11) is 0. The number of carbonyl (C=O) groups excluding carboxylic acids is 1. The molecule has 5 heteroatoms. The molecular formula is C19H25N3O2. The van der Waals surface area contributed by atoms with E-state index < -0.39 is 0 Å². The highest BCUT2D eigenvalue weighted by Gasteiger charge is 2.13. The van der Waals surface area contributed by atoms with Gasteiger partial charge in [0.15, 0.2) is 0 Å². The number of nitrogens with zero attached hydrogens (tertiary/aromatic N) is 2. The fraction of sp³-hybridized carbons (Fsp3) is 0.474. The van der Waals surface area contributed by atoms with Crippen LogP contribution in [0.15, 0.2) is 28.8 Å². The van der Waals surface area contributed by atoms with Gasteiger partial charge in [-0.25, -0.2) is 0 Å². The Morgan fingerprint density at radius 3 is 2.79 bits per heavy atom. The number of rotatable bonds is 6. The molecule has 1 aromatic heterocycles. The number of likely N-dealkylation sites (tertiary alicyclic amines) is 1. The van der Waals surface area contributed by atoms with Crippen molar-refractivity contribution in [3.8, 4) is 0 Å². The molecule has 0 unspecified atom stereocenters. The highest BCUT2D eigenvalue weighted by Crippen LogP contribution is 2.18. The summed E-state index contributed by atoms with van der Waals surface area (Å²) < 4.78 is 5.14. The van der Waals surface area contributed by atoms with E-state index in [4.69, 9.17) is 4.52 Å².